The highest BCUT2D eigenvalue weighted by Crippen LogP contribution is 2.33. The Labute approximate surface area is 233 Å². The van der Waals surface area contributed by atoms with Crippen LogP contribution in [0.15, 0.2) is 54.7 Å². The number of morpholine rings is 1. The van der Waals surface area contributed by atoms with E-state index in [-0.39, 0.29) is 18.2 Å². The fraction of sp³-hybridized carbons (Fsp3) is 0.231. The molecule has 0 bridgehead atoms. The maximum atomic E-state index is 12.9. The number of halogens is 3. The first-order valence-corrected chi connectivity index (χ1v) is 13.0. The highest BCUT2D eigenvalue weighted by molar-refractivity contribution is 6.39. The van der Waals surface area contributed by atoms with Gasteiger partial charge in [-0.1, -0.05) is 40.9 Å². The minimum atomic E-state index is -0.359. The van der Waals surface area contributed by atoms with Crippen molar-refractivity contribution in [2.24, 2.45) is 0 Å². The number of carbonyl (C=O) groups excluding carboxylic acids is 2. The predicted octanol–water partition coefficient (Wildman–Crippen LogP) is 5.64. The number of imidazole rings is 1. The van der Waals surface area contributed by atoms with E-state index < -0.39 is 0 Å². The van der Waals surface area contributed by atoms with E-state index in [9.17, 15) is 9.59 Å². The zero-order valence-corrected chi connectivity index (χ0v) is 22.4. The molecule has 3 heterocycles. The van der Waals surface area contributed by atoms with Gasteiger partial charge in [0, 0.05) is 42.8 Å². The fourth-order valence-corrected chi connectivity index (χ4v) is 4.81. The Morgan fingerprint density at radius 2 is 1.76 bits per heavy atom. The quantitative estimate of drug-likeness (QED) is 0.297. The molecule has 4 aromatic rings. The molecule has 12 heteroatoms. The molecule has 1 aliphatic rings. The van der Waals surface area contributed by atoms with Gasteiger partial charge in [-0.05, 0) is 42.5 Å². The van der Waals surface area contributed by atoms with Crippen molar-refractivity contribution in [1.82, 2.24) is 19.4 Å². The van der Waals surface area contributed by atoms with Crippen molar-refractivity contribution in [2.45, 2.75) is 13.0 Å². The van der Waals surface area contributed by atoms with Crippen molar-refractivity contribution in [3.05, 3.63) is 75.4 Å². The van der Waals surface area contributed by atoms with Gasteiger partial charge in [0.15, 0.2) is 0 Å². The van der Waals surface area contributed by atoms with Crippen LogP contribution in [0.2, 0.25) is 15.1 Å². The van der Waals surface area contributed by atoms with E-state index in [4.69, 9.17) is 44.5 Å². The molecule has 2 aromatic carbocycles. The molecule has 9 nitrogen and oxygen atoms in total. The average Bonchev–Trinajstić information content (AvgIpc) is 3.26. The molecule has 1 fully saturated rings. The molecule has 2 aromatic heterocycles. The smallest absolute Gasteiger partial charge is 0.256 e. The minimum absolute atomic E-state index is 0.0295. The van der Waals surface area contributed by atoms with E-state index in [1.165, 1.54) is 6.20 Å². The summed E-state index contributed by atoms with van der Waals surface area (Å²) in [5, 5.41) is 7.26. The number of aromatic nitrogens is 3. The summed E-state index contributed by atoms with van der Waals surface area (Å²) in [5.41, 5.74) is 2.18. The Morgan fingerprint density at radius 1 is 1.00 bits per heavy atom. The summed E-state index contributed by atoms with van der Waals surface area (Å²) >= 11 is 18.8. The summed E-state index contributed by atoms with van der Waals surface area (Å²) in [4.78, 5) is 36.4. The van der Waals surface area contributed by atoms with Crippen molar-refractivity contribution >= 4 is 75.1 Å². The second-order valence-corrected chi connectivity index (χ2v) is 9.82. The lowest BCUT2D eigenvalue weighted by Gasteiger charge is -2.27. The number of carbonyl (C=O) groups is 2. The third-order valence-corrected chi connectivity index (χ3v) is 6.95. The first-order chi connectivity index (χ1) is 18.4. The summed E-state index contributed by atoms with van der Waals surface area (Å²) in [7, 11) is 0. The Morgan fingerprint density at radius 3 is 2.50 bits per heavy atom. The second-order valence-electron chi connectivity index (χ2n) is 8.57. The number of hydrogen-bond acceptors (Lipinski definition) is 6. The standard InChI is InChI=1S/C26H23Cl3N6O3/c27-17-6-8-30-22(15-17)32-25(37)16-4-5-21-20(14-16)31-26(33-24-18(28)2-1-3-19(24)29)35(21)9-7-23(36)34-10-12-38-13-11-34/h1-6,8,14-15H,7,9-13H2,(H,31,33)(H,30,32,37). The monoisotopic (exact) mass is 572 g/mol. The van der Waals surface area contributed by atoms with Crippen molar-refractivity contribution in [3.8, 4) is 0 Å². The van der Waals surface area contributed by atoms with Gasteiger partial charge in [0.2, 0.25) is 11.9 Å². The van der Waals surface area contributed by atoms with E-state index in [2.05, 4.69) is 15.6 Å². The van der Waals surface area contributed by atoms with Crippen LogP contribution in [0.5, 0.6) is 0 Å². The Bertz CT molecular complexity index is 1480. The van der Waals surface area contributed by atoms with Gasteiger partial charge in [-0.15, -0.1) is 0 Å². The summed E-state index contributed by atoms with van der Waals surface area (Å²) in [6, 6.07) is 13.5. The van der Waals surface area contributed by atoms with Crippen LogP contribution in [0.3, 0.4) is 0 Å². The molecule has 38 heavy (non-hydrogen) atoms. The molecule has 0 saturated carbocycles. The van der Waals surface area contributed by atoms with Crippen LogP contribution in [0.25, 0.3) is 11.0 Å². The molecule has 0 unspecified atom stereocenters. The van der Waals surface area contributed by atoms with Gasteiger partial charge in [-0.3, -0.25) is 9.59 Å². The lowest BCUT2D eigenvalue weighted by molar-refractivity contribution is -0.135. The number of amides is 2. The summed E-state index contributed by atoms with van der Waals surface area (Å²) < 4.78 is 7.23. The third kappa shape index (κ3) is 5.86. The first-order valence-electron chi connectivity index (χ1n) is 11.9. The number of fused-ring (bicyclic) bond motifs is 1. The van der Waals surface area contributed by atoms with Crippen LogP contribution in [0.1, 0.15) is 16.8 Å². The predicted molar refractivity (Wildman–Crippen MR) is 149 cm³/mol. The van der Waals surface area contributed by atoms with Crippen molar-refractivity contribution < 1.29 is 14.3 Å². The van der Waals surface area contributed by atoms with Crippen LogP contribution >= 0.6 is 34.8 Å². The molecular weight excluding hydrogens is 551 g/mol. The van der Waals surface area contributed by atoms with Crippen molar-refractivity contribution in [1.29, 1.82) is 0 Å². The van der Waals surface area contributed by atoms with Crippen LogP contribution in [-0.4, -0.2) is 57.6 Å². The van der Waals surface area contributed by atoms with Crippen LogP contribution in [0.4, 0.5) is 17.5 Å². The van der Waals surface area contributed by atoms with Crippen LogP contribution in [-0.2, 0) is 16.1 Å². The lowest BCUT2D eigenvalue weighted by Crippen LogP contribution is -2.41. The number of nitrogens with one attached hydrogen (secondary N) is 2. The lowest BCUT2D eigenvalue weighted by atomic mass is 10.2. The van der Waals surface area contributed by atoms with Gasteiger partial charge < -0.3 is 24.8 Å². The minimum Gasteiger partial charge on any atom is -0.378 e. The van der Waals surface area contributed by atoms with Gasteiger partial charge in [-0.25, -0.2) is 9.97 Å². The molecule has 196 valence electrons. The summed E-state index contributed by atoms with van der Waals surface area (Å²) in [5.74, 6) is 0.452. The molecule has 0 atom stereocenters. The molecule has 5 rings (SSSR count). The average molecular weight is 574 g/mol. The maximum Gasteiger partial charge on any atom is 0.256 e. The number of rotatable bonds is 7. The number of hydrogen-bond donors (Lipinski definition) is 2. The maximum absolute atomic E-state index is 12.9. The summed E-state index contributed by atoms with van der Waals surface area (Å²) in [6.45, 7) is 2.57. The Hall–Kier alpha value is -3.37. The molecule has 0 aliphatic carbocycles. The largest absolute Gasteiger partial charge is 0.378 e. The van der Waals surface area contributed by atoms with Crippen molar-refractivity contribution in [3.63, 3.8) is 0 Å². The number of ether oxygens (including phenoxy) is 1. The first kappa shape index (κ1) is 26.2. The van der Waals surface area contributed by atoms with E-state index in [1.807, 2.05) is 4.57 Å². The van der Waals surface area contributed by atoms with Gasteiger partial charge in [0.1, 0.15) is 5.82 Å². The zero-order chi connectivity index (χ0) is 26.6. The number of pyridine rings is 1. The molecule has 2 amide bonds. The summed E-state index contributed by atoms with van der Waals surface area (Å²) in [6.07, 6.45) is 1.78. The zero-order valence-electron chi connectivity index (χ0n) is 20.1. The van der Waals surface area contributed by atoms with E-state index in [0.29, 0.717) is 76.4 Å². The van der Waals surface area contributed by atoms with E-state index >= 15 is 0 Å². The molecule has 1 aliphatic heterocycles. The normalized spacial score (nSPS) is 13.5. The topological polar surface area (TPSA) is 101 Å². The number of benzene rings is 2. The van der Waals surface area contributed by atoms with Gasteiger partial charge in [-0.2, -0.15) is 0 Å². The molecule has 2 N–H and O–H groups in total. The van der Waals surface area contributed by atoms with Crippen molar-refractivity contribution in [2.75, 3.05) is 36.9 Å². The molecular formula is C26H23Cl3N6O3. The molecule has 0 radical (unpaired) electrons. The number of para-hydroxylation sites is 1. The van der Waals surface area contributed by atoms with E-state index in [0.717, 1.165) is 5.52 Å². The second kappa shape index (κ2) is 11.6. The molecule has 1 saturated heterocycles. The number of nitrogens with zero attached hydrogens (tertiary/aromatic N) is 4. The van der Waals surface area contributed by atoms with E-state index in [1.54, 1.807) is 53.4 Å². The molecule has 0 spiro atoms. The number of aryl methyl sites for hydroxylation is 1. The van der Waals surface area contributed by atoms with Gasteiger partial charge in [0.05, 0.1) is 40.0 Å². The highest BCUT2D eigenvalue weighted by Gasteiger charge is 2.20. The SMILES string of the molecule is O=C(Nc1cc(Cl)ccn1)c1ccc2c(c1)nc(Nc1c(Cl)cccc1Cl)n2CCC(=O)N1CCOCC1. The third-order valence-electron chi connectivity index (χ3n) is 6.09. The van der Waals surface area contributed by atoms with Gasteiger partial charge >= 0.3 is 0 Å². The van der Waals surface area contributed by atoms with Crippen LogP contribution in [0, 0.1) is 0 Å². The highest BCUT2D eigenvalue weighted by atomic mass is 35.5. The van der Waals surface area contributed by atoms with Gasteiger partial charge in [0.25, 0.3) is 5.91 Å². The fourth-order valence-electron chi connectivity index (χ4n) is 4.16. The Balaban J connectivity index is 1.45. The number of anilines is 3. The van der Waals surface area contributed by atoms with Crippen LogP contribution < -0.4 is 10.6 Å². The Kier molecular flexibility index (Phi) is 7.99.